The van der Waals surface area contributed by atoms with Crippen molar-refractivity contribution in [3.05, 3.63) is 59.8 Å². The van der Waals surface area contributed by atoms with Gasteiger partial charge in [0, 0.05) is 18.3 Å². The number of carbonyl (C=O) groups is 1. The van der Waals surface area contributed by atoms with Crippen LogP contribution < -0.4 is 11.1 Å². The maximum atomic E-state index is 11.9. The lowest BCUT2D eigenvalue weighted by atomic mass is 10.1. The lowest BCUT2D eigenvalue weighted by Crippen LogP contribution is -2.17. The molecule has 1 aromatic heterocycles. The minimum atomic E-state index is -0.0883. The number of hydrogen-bond acceptors (Lipinski definition) is 3. The zero-order valence-corrected chi connectivity index (χ0v) is 9.97. The molecule has 18 heavy (non-hydrogen) atoms. The van der Waals surface area contributed by atoms with Crippen molar-refractivity contribution in [2.75, 3.05) is 5.32 Å². The molecule has 1 heterocycles. The Hall–Kier alpha value is -2.20. The maximum Gasteiger partial charge on any atom is 0.229 e. The van der Waals surface area contributed by atoms with Crippen LogP contribution in [0.15, 0.2) is 48.7 Å². The average molecular weight is 241 g/mol. The number of anilines is 1. The highest BCUT2D eigenvalue weighted by Gasteiger charge is 2.07. The number of nitrogens with one attached hydrogen (secondary N) is 1. The number of pyridine rings is 1. The summed E-state index contributed by atoms with van der Waals surface area (Å²) < 4.78 is 0. The van der Waals surface area contributed by atoms with Crippen LogP contribution in [0.5, 0.6) is 0 Å². The summed E-state index contributed by atoms with van der Waals surface area (Å²) in [6, 6.07) is 13.2. The van der Waals surface area contributed by atoms with Gasteiger partial charge in [-0.25, -0.2) is 4.98 Å². The molecule has 0 spiro atoms. The van der Waals surface area contributed by atoms with E-state index in [0.29, 0.717) is 18.8 Å². The summed E-state index contributed by atoms with van der Waals surface area (Å²) in [6.07, 6.45) is 1.97. The van der Waals surface area contributed by atoms with Gasteiger partial charge in [0.1, 0.15) is 5.82 Å². The van der Waals surface area contributed by atoms with Gasteiger partial charge in [-0.15, -0.1) is 0 Å². The summed E-state index contributed by atoms with van der Waals surface area (Å²) in [7, 11) is 0. The molecule has 0 unspecified atom stereocenters. The van der Waals surface area contributed by atoms with E-state index in [-0.39, 0.29) is 5.91 Å². The van der Waals surface area contributed by atoms with Crippen LogP contribution in [0.4, 0.5) is 5.82 Å². The van der Waals surface area contributed by atoms with Gasteiger partial charge < -0.3 is 11.1 Å². The minimum absolute atomic E-state index is 0.0883. The van der Waals surface area contributed by atoms with Crippen molar-refractivity contribution in [1.82, 2.24) is 4.98 Å². The summed E-state index contributed by atoms with van der Waals surface area (Å²) in [6.45, 7) is 0.356. The molecular weight excluding hydrogens is 226 g/mol. The molecule has 0 bridgehead atoms. The number of amides is 1. The molecule has 0 aliphatic heterocycles. The van der Waals surface area contributed by atoms with Crippen molar-refractivity contribution >= 4 is 11.7 Å². The summed E-state index contributed by atoms with van der Waals surface area (Å²) in [4.78, 5) is 16.0. The van der Waals surface area contributed by atoms with Crippen LogP contribution >= 0.6 is 0 Å². The Bertz CT molecular complexity index is 526. The Kier molecular flexibility index (Phi) is 4.04. The molecule has 4 nitrogen and oxygen atoms in total. The molecule has 0 saturated carbocycles. The van der Waals surface area contributed by atoms with E-state index in [9.17, 15) is 4.79 Å². The van der Waals surface area contributed by atoms with Crippen molar-refractivity contribution in [3.63, 3.8) is 0 Å². The van der Waals surface area contributed by atoms with E-state index in [4.69, 9.17) is 5.73 Å². The fourth-order valence-electron chi connectivity index (χ4n) is 1.67. The molecule has 0 aliphatic rings. The number of rotatable bonds is 4. The minimum Gasteiger partial charge on any atom is -0.326 e. The Labute approximate surface area is 106 Å². The molecule has 3 N–H and O–H groups in total. The highest BCUT2D eigenvalue weighted by atomic mass is 16.1. The Morgan fingerprint density at radius 1 is 1.17 bits per heavy atom. The van der Waals surface area contributed by atoms with Crippen LogP contribution in [0.3, 0.4) is 0 Å². The largest absolute Gasteiger partial charge is 0.326 e. The Morgan fingerprint density at radius 2 is 1.94 bits per heavy atom. The average Bonchev–Trinajstić information content (AvgIpc) is 2.40. The fourth-order valence-corrected chi connectivity index (χ4v) is 1.67. The van der Waals surface area contributed by atoms with Crippen LogP contribution in [0, 0.1) is 0 Å². The molecule has 4 heteroatoms. The second-order valence-corrected chi connectivity index (χ2v) is 3.93. The number of benzene rings is 1. The molecule has 0 aliphatic carbocycles. The highest BCUT2D eigenvalue weighted by Crippen LogP contribution is 2.11. The van der Waals surface area contributed by atoms with E-state index in [1.165, 1.54) is 0 Å². The van der Waals surface area contributed by atoms with Crippen molar-refractivity contribution in [3.8, 4) is 0 Å². The lowest BCUT2D eigenvalue weighted by molar-refractivity contribution is -0.115. The van der Waals surface area contributed by atoms with Gasteiger partial charge in [-0.1, -0.05) is 36.4 Å². The van der Waals surface area contributed by atoms with Gasteiger partial charge in [0.25, 0.3) is 0 Å². The molecule has 1 aromatic carbocycles. The Morgan fingerprint density at radius 3 is 2.67 bits per heavy atom. The van der Waals surface area contributed by atoms with Gasteiger partial charge in [-0.05, 0) is 11.6 Å². The number of nitrogens with two attached hydrogens (primary N) is 1. The van der Waals surface area contributed by atoms with Crippen LogP contribution in [-0.4, -0.2) is 10.9 Å². The van der Waals surface area contributed by atoms with Gasteiger partial charge in [-0.3, -0.25) is 4.79 Å². The normalized spacial score (nSPS) is 10.1. The molecule has 0 fully saturated rings. The first-order chi connectivity index (χ1) is 8.79. The first-order valence-electron chi connectivity index (χ1n) is 5.77. The molecule has 2 rings (SSSR count). The number of aromatic nitrogens is 1. The predicted molar refractivity (Wildman–Crippen MR) is 70.9 cm³/mol. The third-order valence-electron chi connectivity index (χ3n) is 2.58. The molecule has 0 saturated heterocycles. The molecule has 2 aromatic rings. The van der Waals surface area contributed by atoms with E-state index >= 15 is 0 Å². The van der Waals surface area contributed by atoms with Crippen LogP contribution in [0.2, 0.25) is 0 Å². The van der Waals surface area contributed by atoms with Gasteiger partial charge in [0.05, 0.1) is 6.42 Å². The number of carbonyl (C=O) groups excluding carboxylic acids is 1. The zero-order chi connectivity index (χ0) is 12.8. The molecular formula is C14H15N3O. The summed E-state index contributed by atoms with van der Waals surface area (Å²) in [5, 5.41) is 2.78. The van der Waals surface area contributed by atoms with E-state index in [0.717, 1.165) is 11.1 Å². The second-order valence-electron chi connectivity index (χ2n) is 3.93. The second kappa shape index (κ2) is 5.93. The Balaban J connectivity index is 2.03. The first-order valence-corrected chi connectivity index (χ1v) is 5.77. The van der Waals surface area contributed by atoms with Crippen molar-refractivity contribution in [1.29, 1.82) is 0 Å². The molecule has 92 valence electrons. The van der Waals surface area contributed by atoms with Gasteiger partial charge in [0.2, 0.25) is 5.91 Å². The third-order valence-corrected chi connectivity index (χ3v) is 2.58. The summed E-state index contributed by atoms with van der Waals surface area (Å²) >= 11 is 0. The topological polar surface area (TPSA) is 68.0 Å². The van der Waals surface area contributed by atoms with Gasteiger partial charge in [-0.2, -0.15) is 0 Å². The first kappa shape index (κ1) is 12.3. The summed E-state index contributed by atoms with van der Waals surface area (Å²) in [5.41, 5.74) is 7.39. The quantitative estimate of drug-likeness (QED) is 0.856. The fraction of sp³-hybridized carbons (Fsp3) is 0.143. The van der Waals surface area contributed by atoms with Crippen molar-refractivity contribution < 1.29 is 4.79 Å². The smallest absolute Gasteiger partial charge is 0.229 e. The summed E-state index contributed by atoms with van der Waals surface area (Å²) in [5.74, 6) is 0.454. The number of nitrogens with zero attached hydrogens (tertiary/aromatic N) is 1. The molecule has 0 radical (unpaired) electrons. The van der Waals surface area contributed by atoms with E-state index in [2.05, 4.69) is 10.3 Å². The SMILES string of the molecule is NCc1cccnc1NC(=O)Cc1ccccc1. The van der Waals surface area contributed by atoms with E-state index in [1.807, 2.05) is 36.4 Å². The lowest BCUT2D eigenvalue weighted by Gasteiger charge is -2.08. The van der Waals surface area contributed by atoms with Crippen LogP contribution in [-0.2, 0) is 17.8 Å². The molecule has 1 amide bonds. The van der Waals surface area contributed by atoms with Crippen LogP contribution in [0.25, 0.3) is 0 Å². The predicted octanol–water partition coefficient (Wildman–Crippen LogP) is 1.72. The van der Waals surface area contributed by atoms with E-state index in [1.54, 1.807) is 12.3 Å². The standard InChI is InChI=1S/C14H15N3O/c15-10-12-7-4-8-16-14(12)17-13(18)9-11-5-2-1-3-6-11/h1-8H,9-10,15H2,(H,16,17,18). The van der Waals surface area contributed by atoms with Crippen LogP contribution in [0.1, 0.15) is 11.1 Å². The molecule has 0 atom stereocenters. The van der Waals surface area contributed by atoms with Crippen molar-refractivity contribution in [2.24, 2.45) is 5.73 Å². The number of hydrogen-bond donors (Lipinski definition) is 2. The monoisotopic (exact) mass is 241 g/mol. The highest BCUT2D eigenvalue weighted by molar-refractivity contribution is 5.91. The van der Waals surface area contributed by atoms with Gasteiger partial charge >= 0.3 is 0 Å². The maximum absolute atomic E-state index is 11.9. The third kappa shape index (κ3) is 3.15. The van der Waals surface area contributed by atoms with Gasteiger partial charge in [0.15, 0.2) is 0 Å². The van der Waals surface area contributed by atoms with Crippen molar-refractivity contribution in [2.45, 2.75) is 13.0 Å². The van der Waals surface area contributed by atoms with E-state index < -0.39 is 0 Å². The zero-order valence-electron chi connectivity index (χ0n) is 9.97.